The van der Waals surface area contributed by atoms with Gasteiger partial charge >= 0.3 is 0 Å². The highest BCUT2D eigenvalue weighted by atomic mass is 16.6. The fraction of sp³-hybridized carbons (Fsp3) is 1.00. The lowest BCUT2D eigenvalue weighted by atomic mass is 10.1. The summed E-state index contributed by atoms with van der Waals surface area (Å²) in [5.74, 6) is 0. The molecule has 0 amide bonds. The summed E-state index contributed by atoms with van der Waals surface area (Å²) in [5, 5.41) is 0. The highest BCUT2D eigenvalue weighted by Gasteiger charge is 2.46. The third-order valence-corrected chi connectivity index (χ3v) is 4.13. The predicted molar refractivity (Wildman–Crippen MR) is 55.3 cm³/mol. The van der Waals surface area contributed by atoms with Gasteiger partial charge < -0.3 is 18.9 Å². The lowest BCUT2D eigenvalue weighted by Crippen LogP contribution is -2.29. The molecule has 4 heteroatoms. The number of rotatable bonds is 3. The minimum absolute atomic E-state index is 0.304. The summed E-state index contributed by atoms with van der Waals surface area (Å²) in [5.41, 5.74) is 0. The first-order chi connectivity index (χ1) is 7.90. The topological polar surface area (TPSA) is 43.5 Å². The zero-order valence-electron chi connectivity index (χ0n) is 9.34. The van der Waals surface area contributed by atoms with Crippen molar-refractivity contribution in [3.63, 3.8) is 0 Å². The normalized spacial score (nSPS) is 55.5. The summed E-state index contributed by atoms with van der Waals surface area (Å²) in [6, 6.07) is 0. The molecule has 0 aromatic carbocycles. The second kappa shape index (κ2) is 3.67. The molecular weight excluding hydrogens is 208 g/mol. The van der Waals surface area contributed by atoms with E-state index in [0.29, 0.717) is 36.6 Å². The summed E-state index contributed by atoms with van der Waals surface area (Å²) in [4.78, 5) is 0. The van der Waals surface area contributed by atoms with Crippen LogP contribution in [0.2, 0.25) is 0 Å². The van der Waals surface area contributed by atoms with Crippen molar-refractivity contribution in [3.8, 4) is 0 Å². The van der Waals surface area contributed by atoms with E-state index in [4.69, 9.17) is 18.9 Å². The van der Waals surface area contributed by atoms with E-state index in [2.05, 4.69) is 0 Å². The van der Waals surface area contributed by atoms with Crippen molar-refractivity contribution < 1.29 is 18.9 Å². The Hall–Kier alpha value is -0.160. The Labute approximate surface area is 95.2 Å². The van der Waals surface area contributed by atoms with E-state index < -0.39 is 0 Å². The van der Waals surface area contributed by atoms with Gasteiger partial charge in [-0.1, -0.05) is 0 Å². The molecule has 4 aliphatic heterocycles. The SMILES string of the molecule is C1OC1[C@@H]1CC[C@@H]([C@@H]2CC[C@@H]([C@H]3CO3)O2)O1. The van der Waals surface area contributed by atoms with E-state index in [0.717, 1.165) is 38.9 Å². The average Bonchev–Trinajstić information content (AvgIpc) is 3.23. The first-order valence-corrected chi connectivity index (χ1v) is 6.44. The zero-order chi connectivity index (χ0) is 10.5. The zero-order valence-corrected chi connectivity index (χ0v) is 9.34. The Morgan fingerprint density at radius 1 is 0.500 bits per heavy atom. The summed E-state index contributed by atoms with van der Waals surface area (Å²) in [6.45, 7) is 1.78. The number of hydrogen-bond acceptors (Lipinski definition) is 4. The van der Waals surface area contributed by atoms with Gasteiger partial charge in [0.1, 0.15) is 12.2 Å². The maximum absolute atomic E-state index is 6.03. The molecule has 0 aliphatic carbocycles. The molecule has 0 saturated carbocycles. The Morgan fingerprint density at radius 2 is 0.812 bits per heavy atom. The fourth-order valence-electron chi connectivity index (χ4n) is 3.01. The van der Waals surface area contributed by atoms with Gasteiger partial charge in [0, 0.05) is 0 Å². The smallest absolute Gasteiger partial charge is 0.107 e. The van der Waals surface area contributed by atoms with Gasteiger partial charge in [-0.15, -0.1) is 0 Å². The molecule has 16 heavy (non-hydrogen) atoms. The highest BCUT2D eigenvalue weighted by Crippen LogP contribution is 2.37. The van der Waals surface area contributed by atoms with Crippen molar-refractivity contribution in [2.24, 2.45) is 0 Å². The molecule has 0 aromatic heterocycles. The lowest BCUT2D eigenvalue weighted by molar-refractivity contribution is -0.0732. The molecular formula is C12H18O4. The Balaban J connectivity index is 1.33. The molecule has 90 valence electrons. The standard InChI is InChI=1S/C12H18O4/c1-3-9(11-5-13-11)15-7(1)8-2-4-10(16-8)12-6-14-12/h7-12H,1-6H2/t7-,8-,9-,10-,11+,12?/m0/s1. The quantitative estimate of drug-likeness (QED) is 0.670. The molecule has 4 rings (SSSR count). The van der Waals surface area contributed by atoms with Crippen molar-refractivity contribution >= 4 is 0 Å². The molecule has 4 fully saturated rings. The van der Waals surface area contributed by atoms with E-state index in [1.165, 1.54) is 0 Å². The lowest BCUT2D eigenvalue weighted by Gasteiger charge is -2.19. The Morgan fingerprint density at radius 3 is 1.12 bits per heavy atom. The van der Waals surface area contributed by atoms with Gasteiger partial charge in [0.2, 0.25) is 0 Å². The molecule has 1 unspecified atom stereocenters. The van der Waals surface area contributed by atoms with Crippen molar-refractivity contribution in [3.05, 3.63) is 0 Å². The van der Waals surface area contributed by atoms with E-state index in [1.54, 1.807) is 0 Å². The number of epoxide rings is 2. The fourth-order valence-corrected chi connectivity index (χ4v) is 3.01. The van der Waals surface area contributed by atoms with Gasteiger partial charge in [0.15, 0.2) is 0 Å². The molecule has 4 heterocycles. The maximum Gasteiger partial charge on any atom is 0.107 e. The van der Waals surface area contributed by atoms with Crippen LogP contribution >= 0.6 is 0 Å². The molecule has 4 saturated heterocycles. The van der Waals surface area contributed by atoms with Gasteiger partial charge in [0.05, 0.1) is 37.6 Å². The van der Waals surface area contributed by atoms with E-state index >= 15 is 0 Å². The van der Waals surface area contributed by atoms with Gasteiger partial charge in [0.25, 0.3) is 0 Å². The van der Waals surface area contributed by atoms with Crippen molar-refractivity contribution in [2.45, 2.75) is 62.3 Å². The van der Waals surface area contributed by atoms with E-state index in [-0.39, 0.29) is 0 Å². The summed E-state index contributed by atoms with van der Waals surface area (Å²) >= 11 is 0. The van der Waals surface area contributed by atoms with Gasteiger partial charge in [-0.2, -0.15) is 0 Å². The third kappa shape index (κ3) is 1.78. The Bertz CT molecular complexity index is 246. The first-order valence-electron chi connectivity index (χ1n) is 6.44. The van der Waals surface area contributed by atoms with Crippen LogP contribution in [-0.2, 0) is 18.9 Å². The van der Waals surface area contributed by atoms with Crippen LogP contribution in [0.25, 0.3) is 0 Å². The van der Waals surface area contributed by atoms with Crippen LogP contribution in [0.4, 0.5) is 0 Å². The van der Waals surface area contributed by atoms with Gasteiger partial charge in [-0.25, -0.2) is 0 Å². The molecule has 4 aliphatic rings. The van der Waals surface area contributed by atoms with Gasteiger partial charge in [-0.05, 0) is 25.7 Å². The second-order valence-electron chi connectivity index (χ2n) is 5.32. The van der Waals surface area contributed by atoms with Crippen LogP contribution in [0, 0.1) is 0 Å². The Kier molecular flexibility index (Phi) is 2.25. The average molecular weight is 226 g/mol. The number of hydrogen-bond donors (Lipinski definition) is 0. The molecule has 4 nitrogen and oxygen atoms in total. The van der Waals surface area contributed by atoms with Crippen molar-refractivity contribution in [1.29, 1.82) is 0 Å². The van der Waals surface area contributed by atoms with Crippen LogP contribution in [0.3, 0.4) is 0 Å². The molecule has 0 bridgehead atoms. The van der Waals surface area contributed by atoms with Crippen LogP contribution in [0.1, 0.15) is 25.7 Å². The third-order valence-electron chi connectivity index (χ3n) is 4.13. The minimum Gasteiger partial charge on any atom is -0.370 e. The monoisotopic (exact) mass is 226 g/mol. The second-order valence-corrected chi connectivity index (χ2v) is 5.32. The summed E-state index contributed by atoms with van der Waals surface area (Å²) in [6.07, 6.45) is 6.59. The maximum atomic E-state index is 6.03. The number of ether oxygens (including phenoxy) is 4. The molecule has 0 radical (unpaired) electrons. The minimum atomic E-state index is 0.304. The van der Waals surface area contributed by atoms with Gasteiger partial charge in [-0.3, -0.25) is 0 Å². The first kappa shape index (κ1) is 9.83. The van der Waals surface area contributed by atoms with Crippen LogP contribution < -0.4 is 0 Å². The molecule has 0 spiro atoms. The summed E-state index contributed by atoms with van der Waals surface area (Å²) < 4.78 is 22.6. The predicted octanol–water partition coefficient (Wildman–Crippen LogP) is 0.879. The van der Waals surface area contributed by atoms with Crippen molar-refractivity contribution in [2.75, 3.05) is 13.2 Å². The van der Waals surface area contributed by atoms with Crippen LogP contribution in [0.15, 0.2) is 0 Å². The van der Waals surface area contributed by atoms with E-state index in [1.807, 2.05) is 0 Å². The van der Waals surface area contributed by atoms with Crippen LogP contribution in [-0.4, -0.2) is 49.8 Å². The van der Waals surface area contributed by atoms with E-state index in [9.17, 15) is 0 Å². The molecule has 6 atom stereocenters. The highest BCUT2D eigenvalue weighted by molar-refractivity contribution is 4.93. The summed E-state index contributed by atoms with van der Waals surface area (Å²) in [7, 11) is 0. The molecule has 0 aromatic rings. The van der Waals surface area contributed by atoms with Crippen molar-refractivity contribution in [1.82, 2.24) is 0 Å². The largest absolute Gasteiger partial charge is 0.370 e. The molecule has 0 N–H and O–H groups in total. The van der Waals surface area contributed by atoms with Crippen LogP contribution in [0.5, 0.6) is 0 Å².